The fourth-order valence-electron chi connectivity index (χ4n) is 1.15. The minimum Gasteiger partial charge on any atom is -0.312 e. The minimum absolute atomic E-state index is 0.106. The van der Waals surface area contributed by atoms with Crippen molar-refractivity contribution < 1.29 is 4.79 Å². The second-order valence-electron chi connectivity index (χ2n) is 2.89. The molecule has 0 saturated carbocycles. The van der Waals surface area contributed by atoms with E-state index in [-0.39, 0.29) is 11.8 Å². The van der Waals surface area contributed by atoms with Crippen LogP contribution >= 0.6 is 22.9 Å². The Morgan fingerprint density at radius 3 is 2.77 bits per heavy atom. The third-order valence-electron chi connectivity index (χ3n) is 1.78. The molecule has 0 aliphatic rings. The van der Waals surface area contributed by atoms with Gasteiger partial charge in [-0.25, -0.2) is 0 Å². The van der Waals surface area contributed by atoms with Crippen LogP contribution in [0, 0.1) is 0 Å². The molecule has 2 nitrogen and oxygen atoms in total. The van der Waals surface area contributed by atoms with Gasteiger partial charge in [-0.1, -0.05) is 11.6 Å². The summed E-state index contributed by atoms with van der Waals surface area (Å²) in [5, 5.41) is 3.09. The summed E-state index contributed by atoms with van der Waals surface area (Å²) in [5.41, 5.74) is 0. The van der Waals surface area contributed by atoms with E-state index in [1.807, 2.05) is 19.2 Å². The van der Waals surface area contributed by atoms with Gasteiger partial charge >= 0.3 is 0 Å². The number of halogens is 1. The molecule has 0 saturated heterocycles. The summed E-state index contributed by atoms with van der Waals surface area (Å²) in [6.07, 6.45) is 0.521. The summed E-state index contributed by atoms with van der Waals surface area (Å²) >= 11 is 7.32. The minimum atomic E-state index is 0.106. The summed E-state index contributed by atoms with van der Waals surface area (Å²) in [4.78, 5) is 12.0. The lowest BCUT2D eigenvalue weighted by molar-refractivity contribution is -0.117. The molecular weight excluding hydrogens is 206 g/mol. The molecule has 1 aromatic rings. The highest BCUT2D eigenvalue weighted by molar-refractivity contribution is 7.16. The van der Waals surface area contributed by atoms with Gasteiger partial charge in [0.25, 0.3) is 0 Å². The second kappa shape index (κ2) is 4.74. The Hall–Kier alpha value is -0.380. The van der Waals surface area contributed by atoms with Gasteiger partial charge in [-0.2, -0.15) is 0 Å². The number of Topliss-reactive ketones (excluding diaryl/α,β-unsaturated/α-hetero) is 1. The molecule has 1 atom stereocenters. The van der Waals surface area contributed by atoms with Crippen molar-refractivity contribution in [2.75, 3.05) is 7.05 Å². The van der Waals surface area contributed by atoms with Crippen molar-refractivity contribution in [1.29, 1.82) is 0 Å². The average Bonchev–Trinajstić information content (AvgIpc) is 2.47. The molecular formula is C9H12ClNOS. The third kappa shape index (κ3) is 3.10. The van der Waals surface area contributed by atoms with E-state index in [0.29, 0.717) is 6.42 Å². The standard InChI is InChI=1S/C9H12ClNOS/c1-6(12)5-7(11-2)8-3-4-9(10)13-8/h3-4,7,11H,5H2,1-2H3. The molecule has 0 amide bonds. The Kier molecular flexibility index (Phi) is 3.90. The van der Waals surface area contributed by atoms with Crippen LogP contribution in [0.15, 0.2) is 12.1 Å². The van der Waals surface area contributed by atoms with E-state index in [4.69, 9.17) is 11.6 Å². The number of thiophene rings is 1. The Balaban J connectivity index is 2.72. The summed E-state index contributed by atoms with van der Waals surface area (Å²) in [6.45, 7) is 1.60. The van der Waals surface area contributed by atoms with Gasteiger partial charge in [-0.15, -0.1) is 11.3 Å². The molecule has 0 spiro atoms. The third-order valence-corrected chi connectivity index (χ3v) is 3.12. The van der Waals surface area contributed by atoms with Crippen LogP contribution in [-0.4, -0.2) is 12.8 Å². The first-order valence-electron chi connectivity index (χ1n) is 4.05. The number of hydrogen-bond donors (Lipinski definition) is 1. The van der Waals surface area contributed by atoms with E-state index in [1.54, 1.807) is 6.92 Å². The molecule has 13 heavy (non-hydrogen) atoms. The van der Waals surface area contributed by atoms with E-state index in [1.165, 1.54) is 11.3 Å². The summed E-state index contributed by atoms with van der Waals surface area (Å²) < 4.78 is 0.763. The Morgan fingerprint density at radius 2 is 2.38 bits per heavy atom. The van der Waals surface area contributed by atoms with E-state index in [9.17, 15) is 4.79 Å². The van der Waals surface area contributed by atoms with E-state index in [0.717, 1.165) is 9.21 Å². The van der Waals surface area contributed by atoms with Gasteiger partial charge in [-0.05, 0) is 26.1 Å². The molecule has 0 radical (unpaired) electrons. The first-order chi connectivity index (χ1) is 6.13. The van der Waals surface area contributed by atoms with Gasteiger partial charge in [0.05, 0.1) is 4.34 Å². The maximum atomic E-state index is 10.9. The lowest BCUT2D eigenvalue weighted by Crippen LogP contribution is -2.17. The summed E-state index contributed by atoms with van der Waals surface area (Å²) in [5.74, 6) is 0.184. The van der Waals surface area contributed by atoms with Crippen LogP contribution in [-0.2, 0) is 4.79 Å². The van der Waals surface area contributed by atoms with Gasteiger partial charge in [0.2, 0.25) is 0 Å². The van der Waals surface area contributed by atoms with Crippen LogP contribution in [0.1, 0.15) is 24.3 Å². The lowest BCUT2D eigenvalue weighted by Gasteiger charge is -2.11. The molecule has 0 aliphatic heterocycles. The number of nitrogens with one attached hydrogen (secondary N) is 1. The Labute approximate surface area is 86.9 Å². The molecule has 4 heteroatoms. The van der Waals surface area contributed by atoms with E-state index < -0.39 is 0 Å². The first kappa shape index (κ1) is 10.7. The topological polar surface area (TPSA) is 29.1 Å². The molecule has 0 fully saturated rings. The molecule has 0 aliphatic carbocycles. The Morgan fingerprint density at radius 1 is 1.69 bits per heavy atom. The zero-order valence-electron chi connectivity index (χ0n) is 7.63. The highest BCUT2D eigenvalue weighted by Crippen LogP contribution is 2.28. The molecule has 72 valence electrons. The monoisotopic (exact) mass is 217 g/mol. The van der Waals surface area contributed by atoms with Gasteiger partial charge in [0.15, 0.2) is 0 Å². The van der Waals surface area contributed by atoms with Crippen molar-refractivity contribution in [3.8, 4) is 0 Å². The van der Waals surface area contributed by atoms with Crippen molar-refractivity contribution in [1.82, 2.24) is 5.32 Å². The van der Waals surface area contributed by atoms with Crippen LogP contribution in [0.4, 0.5) is 0 Å². The van der Waals surface area contributed by atoms with Crippen LogP contribution in [0.3, 0.4) is 0 Å². The zero-order chi connectivity index (χ0) is 9.84. The van der Waals surface area contributed by atoms with Gasteiger partial charge < -0.3 is 5.32 Å². The van der Waals surface area contributed by atoms with Crippen molar-refractivity contribution in [3.05, 3.63) is 21.3 Å². The fourth-order valence-corrected chi connectivity index (χ4v) is 2.32. The maximum Gasteiger partial charge on any atom is 0.131 e. The number of carbonyl (C=O) groups excluding carboxylic acids is 1. The molecule has 1 N–H and O–H groups in total. The summed E-state index contributed by atoms with van der Waals surface area (Å²) in [6, 6.07) is 3.92. The SMILES string of the molecule is CNC(CC(C)=O)c1ccc(Cl)s1. The van der Waals surface area contributed by atoms with Gasteiger partial charge in [0.1, 0.15) is 5.78 Å². The van der Waals surface area contributed by atoms with Crippen molar-refractivity contribution >= 4 is 28.7 Å². The summed E-state index contributed by atoms with van der Waals surface area (Å²) in [7, 11) is 1.85. The van der Waals surface area contributed by atoms with Gasteiger partial charge in [-0.3, -0.25) is 4.79 Å². The van der Waals surface area contributed by atoms with E-state index >= 15 is 0 Å². The molecule has 1 aromatic heterocycles. The van der Waals surface area contributed by atoms with Crippen molar-refractivity contribution in [2.24, 2.45) is 0 Å². The quantitative estimate of drug-likeness (QED) is 0.840. The molecule has 0 aromatic carbocycles. The van der Waals surface area contributed by atoms with Crippen LogP contribution < -0.4 is 5.32 Å². The number of carbonyl (C=O) groups is 1. The second-order valence-corrected chi connectivity index (χ2v) is 4.64. The van der Waals surface area contributed by atoms with Crippen LogP contribution in [0.5, 0.6) is 0 Å². The highest BCUT2D eigenvalue weighted by atomic mass is 35.5. The van der Waals surface area contributed by atoms with Gasteiger partial charge in [0, 0.05) is 17.3 Å². The fraction of sp³-hybridized carbons (Fsp3) is 0.444. The lowest BCUT2D eigenvalue weighted by atomic mass is 10.1. The van der Waals surface area contributed by atoms with Crippen molar-refractivity contribution in [3.63, 3.8) is 0 Å². The predicted octanol–water partition coefficient (Wildman–Crippen LogP) is 2.64. The highest BCUT2D eigenvalue weighted by Gasteiger charge is 2.13. The number of hydrogen-bond acceptors (Lipinski definition) is 3. The molecule has 1 rings (SSSR count). The largest absolute Gasteiger partial charge is 0.312 e. The number of ketones is 1. The first-order valence-corrected chi connectivity index (χ1v) is 5.25. The zero-order valence-corrected chi connectivity index (χ0v) is 9.21. The number of rotatable bonds is 4. The van der Waals surface area contributed by atoms with Crippen LogP contribution in [0.25, 0.3) is 0 Å². The molecule has 0 bridgehead atoms. The average molecular weight is 218 g/mol. The normalized spacial score (nSPS) is 12.8. The maximum absolute atomic E-state index is 10.9. The predicted molar refractivity (Wildman–Crippen MR) is 56.4 cm³/mol. The molecule has 1 heterocycles. The Bertz CT molecular complexity index is 298. The molecule has 1 unspecified atom stereocenters. The van der Waals surface area contributed by atoms with Crippen LogP contribution in [0.2, 0.25) is 4.34 Å². The van der Waals surface area contributed by atoms with E-state index in [2.05, 4.69) is 5.32 Å². The smallest absolute Gasteiger partial charge is 0.131 e. The van der Waals surface area contributed by atoms with Crippen molar-refractivity contribution in [2.45, 2.75) is 19.4 Å².